The minimum atomic E-state index is -2.96. The summed E-state index contributed by atoms with van der Waals surface area (Å²) < 4.78 is 15.7. The Hall–Kier alpha value is -1.64. The molecule has 7 heteroatoms. The molecule has 0 spiro atoms. The quantitative estimate of drug-likeness (QED) is 0.551. The molecule has 1 atom stereocenters. The minimum absolute atomic E-state index is 0.413. The van der Waals surface area contributed by atoms with Crippen LogP contribution in [0.2, 0.25) is 0 Å². The Morgan fingerprint density at radius 1 is 1.05 bits per heavy atom. The fraction of sp³-hybridized carbons (Fsp3) is 0.357. The molecule has 0 saturated carbocycles. The summed E-state index contributed by atoms with van der Waals surface area (Å²) in [6.45, 7) is 4.18. The van der Waals surface area contributed by atoms with Crippen molar-refractivity contribution in [2.24, 2.45) is 0 Å². The second-order valence-electron chi connectivity index (χ2n) is 4.12. The van der Waals surface area contributed by atoms with E-state index in [-0.39, 0.29) is 0 Å². The van der Waals surface area contributed by atoms with Crippen LogP contribution in [-0.4, -0.2) is 25.0 Å². The first-order valence-corrected chi connectivity index (χ1v) is 8.95. The van der Waals surface area contributed by atoms with Crippen molar-refractivity contribution in [2.45, 2.75) is 26.7 Å². The Bertz CT molecular complexity index is 526. The number of carbonyl (C=O) groups excluding carboxylic acids is 3. The maximum absolute atomic E-state index is 11.7. The van der Waals surface area contributed by atoms with Crippen molar-refractivity contribution in [2.75, 3.05) is 7.11 Å². The Morgan fingerprint density at radius 2 is 1.57 bits per heavy atom. The van der Waals surface area contributed by atoms with Crippen molar-refractivity contribution < 1.29 is 25.3 Å². The van der Waals surface area contributed by atoms with Crippen LogP contribution in [0.3, 0.4) is 0 Å². The Balaban J connectivity index is 3.21. The summed E-state index contributed by atoms with van der Waals surface area (Å²) in [4.78, 5) is 34.1. The molecule has 21 heavy (non-hydrogen) atoms. The zero-order valence-electron chi connectivity index (χ0n) is 12.2. The van der Waals surface area contributed by atoms with E-state index in [9.17, 15) is 14.4 Å². The van der Waals surface area contributed by atoms with Crippen LogP contribution < -0.4 is 0 Å². The first-order chi connectivity index (χ1) is 9.86. The van der Waals surface area contributed by atoms with Gasteiger partial charge in [0.1, 0.15) is 0 Å². The third-order valence-corrected chi connectivity index (χ3v) is 6.42. The van der Waals surface area contributed by atoms with Crippen LogP contribution in [0.1, 0.15) is 32.3 Å². The van der Waals surface area contributed by atoms with Gasteiger partial charge in [-0.25, -0.2) is 0 Å². The normalized spacial score (nSPS) is 12.1. The van der Waals surface area contributed by atoms with Gasteiger partial charge in [-0.1, -0.05) is 0 Å². The van der Waals surface area contributed by atoms with Gasteiger partial charge in [0.15, 0.2) is 0 Å². The van der Waals surface area contributed by atoms with Gasteiger partial charge in [0, 0.05) is 0 Å². The predicted octanol–water partition coefficient (Wildman–Crippen LogP) is 2.60. The fourth-order valence-corrected chi connectivity index (χ4v) is 4.91. The Labute approximate surface area is 131 Å². The summed E-state index contributed by atoms with van der Waals surface area (Å²) in [7, 11) is 1.30. The predicted molar refractivity (Wildman–Crippen MR) is 83.1 cm³/mol. The van der Waals surface area contributed by atoms with Crippen molar-refractivity contribution >= 4 is 38.6 Å². The molecule has 1 aromatic carbocycles. The number of methoxy groups -OCH3 is 1. The first kappa shape index (κ1) is 17.4. The number of hydrogen-bond donors (Lipinski definition) is 0. The molecule has 116 valence electrons. The number of carbonyl (C=O) groups is 3. The summed E-state index contributed by atoms with van der Waals surface area (Å²) in [5, 5.41) is 0. The summed E-state index contributed by atoms with van der Waals surface area (Å²) in [6.07, 6.45) is 0. The molecule has 0 N–H and O–H groups in total. The van der Waals surface area contributed by atoms with Crippen LogP contribution in [0.5, 0.6) is 0 Å². The van der Waals surface area contributed by atoms with Crippen LogP contribution in [0.25, 0.3) is 0 Å². The zero-order valence-corrected chi connectivity index (χ0v) is 14.4. The molecule has 6 nitrogen and oxygen atoms in total. The van der Waals surface area contributed by atoms with Gasteiger partial charge < -0.3 is 0 Å². The first-order valence-electron chi connectivity index (χ1n) is 6.11. The van der Waals surface area contributed by atoms with Crippen molar-refractivity contribution in [3.63, 3.8) is 0 Å². The number of ether oxygens (including phenoxy) is 1. The molecular weight excluding hydrogens is 391 g/mol. The van der Waals surface area contributed by atoms with E-state index in [0.29, 0.717) is 9.13 Å². The van der Waals surface area contributed by atoms with Crippen LogP contribution in [0.15, 0.2) is 24.3 Å². The van der Waals surface area contributed by atoms with Gasteiger partial charge in [-0.2, -0.15) is 0 Å². The van der Waals surface area contributed by atoms with Gasteiger partial charge in [0.25, 0.3) is 0 Å². The molecule has 0 saturated heterocycles. The van der Waals surface area contributed by atoms with Gasteiger partial charge in [0.2, 0.25) is 0 Å². The van der Waals surface area contributed by atoms with Crippen LogP contribution >= 0.6 is 20.6 Å². The molecule has 0 aliphatic heterocycles. The standard InChI is InChI=1S/C14H17IO6/c1-9(14(18)19-4)12-7-5-6-8-13(12)15(20-10(2)16)21-11(3)17/h5-9H,1-4H3/t9-/m0/s1. The number of benzene rings is 1. The molecule has 0 aromatic heterocycles. The van der Waals surface area contributed by atoms with Crippen LogP contribution in [0, 0.1) is 3.57 Å². The van der Waals surface area contributed by atoms with Gasteiger partial charge in [-0.3, -0.25) is 0 Å². The molecule has 0 unspecified atom stereocenters. The third-order valence-electron chi connectivity index (χ3n) is 2.45. The molecule has 1 rings (SSSR count). The second-order valence-corrected chi connectivity index (χ2v) is 7.40. The molecule has 1 aromatic rings. The molecular formula is C14H17IO6. The van der Waals surface area contributed by atoms with E-state index in [1.54, 1.807) is 31.2 Å². The van der Waals surface area contributed by atoms with E-state index in [1.807, 2.05) is 0 Å². The van der Waals surface area contributed by atoms with Crippen LogP contribution in [0.4, 0.5) is 0 Å². The molecule has 0 aliphatic carbocycles. The third kappa shape index (κ3) is 5.00. The Morgan fingerprint density at radius 3 is 2.05 bits per heavy atom. The van der Waals surface area contributed by atoms with E-state index < -0.39 is 44.5 Å². The molecule has 0 aliphatic rings. The molecule has 0 heterocycles. The topological polar surface area (TPSA) is 78.9 Å². The molecule has 0 fully saturated rings. The van der Waals surface area contributed by atoms with Crippen molar-refractivity contribution in [1.82, 2.24) is 0 Å². The SMILES string of the molecule is COC(=O)[C@@H](C)c1ccccc1I(OC(C)=O)OC(C)=O. The number of esters is 1. The zero-order chi connectivity index (χ0) is 16.0. The molecule has 0 bridgehead atoms. The van der Waals surface area contributed by atoms with Crippen molar-refractivity contribution in [1.29, 1.82) is 0 Å². The van der Waals surface area contributed by atoms with Gasteiger partial charge in [-0.15, -0.1) is 0 Å². The average Bonchev–Trinajstić information content (AvgIpc) is 2.44. The summed E-state index contributed by atoms with van der Waals surface area (Å²) in [5.41, 5.74) is 0.636. The fourth-order valence-electron chi connectivity index (χ4n) is 1.57. The van der Waals surface area contributed by atoms with Crippen molar-refractivity contribution in [3.8, 4) is 0 Å². The van der Waals surface area contributed by atoms with E-state index >= 15 is 0 Å². The van der Waals surface area contributed by atoms with Crippen LogP contribution in [-0.2, 0) is 25.3 Å². The van der Waals surface area contributed by atoms with Crippen molar-refractivity contribution in [3.05, 3.63) is 33.4 Å². The molecule has 0 radical (unpaired) electrons. The number of halogens is 1. The summed E-state index contributed by atoms with van der Waals surface area (Å²) >= 11 is -2.96. The monoisotopic (exact) mass is 408 g/mol. The van der Waals surface area contributed by atoms with Gasteiger partial charge >= 0.3 is 131 Å². The molecule has 0 amide bonds. The van der Waals surface area contributed by atoms with Gasteiger partial charge in [0.05, 0.1) is 0 Å². The maximum atomic E-state index is 11.7. The van der Waals surface area contributed by atoms with E-state index in [0.717, 1.165) is 0 Å². The Kier molecular flexibility index (Phi) is 6.60. The number of hydrogen-bond acceptors (Lipinski definition) is 6. The average molecular weight is 408 g/mol. The van der Waals surface area contributed by atoms with E-state index in [2.05, 4.69) is 0 Å². The number of rotatable bonds is 5. The second kappa shape index (κ2) is 7.96. The summed E-state index contributed by atoms with van der Waals surface area (Å²) in [5.74, 6) is -2.01. The van der Waals surface area contributed by atoms with E-state index in [1.165, 1.54) is 21.0 Å². The van der Waals surface area contributed by atoms with E-state index in [4.69, 9.17) is 10.9 Å². The summed E-state index contributed by atoms with van der Waals surface area (Å²) in [6, 6.07) is 6.92. The van der Waals surface area contributed by atoms with Gasteiger partial charge in [-0.05, 0) is 0 Å².